The van der Waals surface area contributed by atoms with Gasteiger partial charge in [-0.15, -0.1) is 0 Å². The van der Waals surface area contributed by atoms with Gasteiger partial charge in [-0.3, -0.25) is 9.69 Å². The van der Waals surface area contributed by atoms with Crippen LogP contribution in [0.5, 0.6) is 11.5 Å². The third kappa shape index (κ3) is 5.61. The number of carbonyl (C=O) groups excluding carboxylic acids is 1. The zero-order chi connectivity index (χ0) is 18.3. The minimum Gasteiger partial charge on any atom is -0.493 e. The van der Waals surface area contributed by atoms with Gasteiger partial charge in [0.1, 0.15) is 0 Å². The molecule has 1 saturated heterocycles. The summed E-state index contributed by atoms with van der Waals surface area (Å²) in [6.07, 6.45) is 0. The molecule has 1 N–H and O–H groups in total. The highest BCUT2D eigenvalue weighted by molar-refractivity contribution is 5.77. The molecule has 0 unspecified atom stereocenters. The summed E-state index contributed by atoms with van der Waals surface area (Å²) in [5.74, 6) is 1.09. The van der Waals surface area contributed by atoms with Crippen molar-refractivity contribution < 1.29 is 14.3 Å². The molecule has 2 rings (SSSR count). The van der Waals surface area contributed by atoms with Gasteiger partial charge < -0.3 is 19.7 Å². The third-order valence-corrected chi connectivity index (χ3v) is 4.82. The van der Waals surface area contributed by atoms with Crippen molar-refractivity contribution in [2.75, 3.05) is 53.0 Å². The second-order valence-corrected chi connectivity index (χ2v) is 6.95. The van der Waals surface area contributed by atoms with Gasteiger partial charge in [-0.05, 0) is 32.5 Å². The van der Waals surface area contributed by atoms with Crippen LogP contribution in [-0.2, 0) is 4.79 Å². The lowest BCUT2D eigenvalue weighted by Gasteiger charge is -2.44. The van der Waals surface area contributed by atoms with Crippen molar-refractivity contribution in [2.45, 2.75) is 26.3 Å². The van der Waals surface area contributed by atoms with Crippen LogP contribution in [0.4, 0.5) is 0 Å². The Labute approximate surface area is 151 Å². The molecular formula is C19H31N3O3. The summed E-state index contributed by atoms with van der Waals surface area (Å²) >= 11 is 0. The highest BCUT2D eigenvalue weighted by Crippen LogP contribution is 2.25. The second kappa shape index (κ2) is 9.06. The summed E-state index contributed by atoms with van der Waals surface area (Å²) in [5.41, 5.74) is -0.0695. The van der Waals surface area contributed by atoms with Crippen molar-refractivity contribution in [3.63, 3.8) is 0 Å². The maximum Gasteiger partial charge on any atom is 0.258 e. The summed E-state index contributed by atoms with van der Waals surface area (Å²) in [6.45, 7) is 12.5. The van der Waals surface area contributed by atoms with Gasteiger partial charge in [0, 0.05) is 38.3 Å². The Bertz CT molecular complexity index is 555. The monoisotopic (exact) mass is 349 g/mol. The highest BCUT2D eigenvalue weighted by Gasteiger charge is 2.29. The summed E-state index contributed by atoms with van der Waals surface area (Å²) in [5, 5.41) is 2.99. The van der Waals surface area contributed by atoms with Gasteiger partial charge in [0.05, 0.1) is 7.11 Å². The molecule has 140 valence electrons. The predicted molar refractivity (Wildman–Crippen MR) is 99.3 cm³/mol. The van der Waals surface area contributed by atoms with E-state index in [0.717, 1.165) is 32.7 Å². The zero-order valence-corrected chi connectivity index (χ0v) is 15.9. The molecule has 6 heteroatoms. The molecule has 1 heterocycles. The topological polar surface area (TPSA) is 54.0 Å². The summed E-state index contributed by atoms with van der Waals surface area (Å²) in [7, 11) is 1.59. The number of methoxy groups -OCH3 is 1. The minimum atomic E-state index is -0.119. The van der Waals surface area contributed by atoms with E-state index in [1.54, 1.807) is 13.2 Å². The van der Waals surface area contributed by atoms with Gasteiger partial charge >= 0.3 is 0 Å². The van der Waals surface area contributed by atoms with Crippen molar-refractivity contribution in [2.24, 2.45) is 0 Å². The number of likely N-dealkylation sites (N-methyl/N-ethyl adjacent to an activating group) is 1. The van der Waals surface area contributed by atoms with E-state index in [9.17, 15) is 4.79 Å². The van der Waals surface area contributed by atoms with Gasteiger partial charge in [-0.2, -0.15) is 0 Å². The van der Waals surface area contributed by atoms with E-state index in [4.69, 9.17) is 9.47 Å². The van der Waals surface area contributed by atoms with Gasteiger partial charge in [0.2, 0.25) is 0 Å². The molecule has 1 aromatic carbocycles. The predicted octanol–water partition coefficient (Wildman–Crippen LogP) is 1.61. The first-order valence-corrected chi connectivity index (χ1v) is 8.96. The summed E-state index contributed by atoms with van der Waals surface area (Å²) in [4.78, 5) is 17.0. The maximum atomic E-state index is 12.1. The lowest BCUT2D eigenvalue weighted by Crippen LogP contribution is -2.58. The highest BCUT2D eigenvalue weighted by atomic mass is 16.5. The number of para-hydroxylation sites is 2. The van der Waals surface area contributed by atoms with Gasteiger partial charge in [-0.1, -0.05) is 19.1 Å². The maximum absolute atomic E-state index is 12.1. The molecule has 1 aliphatic heterocycles. The molecule has 0 atom stereocenters. The fraction of sp³-hybridized carbons (Fsp3) is 0.632. The van der Waals surface area contributed by atoms with Crippen LogP contribution in [0.3, 0.4) is 0 Å². The Morgan fingerprint density at radius 1 is 1.16 bits per heavy atom. The van der Waals surface area contributed by atoms with E-state index in [1.807, 2.05) is 18.2 Å². The van der Waals surface area contributed by atoms with Crippen LogP contribution < -0.4 is 14.8 Å². The van der Waals surface area contributed by atoms with E-state index in [2.05, 4.69) is 35.9 Å². The number of ether oxygens (including phenoxy) is 2. The second-order valence-electron chi connectivity index (χ2n) is 6.95. The van der Waals surface area contributed by atoms with E-state index in [0.29, 0.717) is 18.0 Å². The Hall–Kier alpha value is -1.79. The molecule has 0 radical (unpaired) electrons. The van der Waals surface area contributed by atoms with E-state index < -0.39 is 0 Å². The number of benzene rings is 1. The molecule has 1 aromatic rings. The van der Waals surface area contributed by atoms with Gasteiger partial charge in [-0.25, -0.2) is 0 Å². The van der Waals surface area contributed by atoms with Crippen LogP contribution in [0, 0.1) is 0 Å². The molecule has 6 nitrogen and oxygen atoms in total. The summed E-state index contributed by atoms with van der Waals surface area (Å²) < 4.78 is 10.8. The number of amides is 1. The van der Waals surface area contributed by atoms with Crippen LogP contribution in [0.2, 0.25) is 0 Å². The molecule has 25 heavy (non-hydrogen) atoms. The first kappa shape index (κ1) is 19.5. The number of hydrogen-bond donors (Lipinski definition) is 1. The largest absolute Gasteiger partial charge is 0.493 e. The van der Waals surface area contributed by atoms with Crippen molar-refractivity contribution in [1.82, 2.24) is 15.1 Å². The molecule has 0 aliphatic carbocycles. The SMILES string of the molecule is CCN1CCN(C(C)(C)CNC(=O)COc2ccccc2OC)CC1. The number of nitrogens with one attached hydrogen (secondary N) is 1. The minimum absolute atomic E-state index is 0.0138. The first-order valence-electron chi connectivity index (χ1n) is 8.96. The van der Waals surface area contributed by atoms with Crippen LogP contribution >= 0.6 is 0 Å². The van der Waals surface area contributed by atoms with Gasteiger partial charge in [0.25, 0.3) is 5.91 Å². The summed E-state index contributed by atoms with van der Waals surface area (Å²) in [6, 6.07) is 7.33. The lowest BCUT2D eigenvalue weighted by atomic mass is 10.0. The molecule has 0 saturated carbocycles. The molecule has 1 amide bonds. The molecule has 0 spiro atoms. The van der Waals surface area contributed by atoms with Crippen LogP contribution in [0.25, 0.3) is 0 Å². The quantitative estimate of drug-likeness (QED) is 0.773. The first-order chi connectivity index (χ1) is 12.0. The number of nitrogens with zero attached hydrogens (tertiary/aromatic N) is 2. The van der Waals surface area contributed by atoms with Gasteiger partial charge in [0.15, 0.2) is 18.1 Å². The third-order valence-electron chi connectivity index (χ3n) is 4.82. The molecular weight excluding hydrogens is 318 g/mol. The Kier molecular flexibility index (Phi) is 7.08. The van der Waals surface area contributed by atoms with Crippen LogP contribution in [0.15, 0.2) is 24.3 Å². The fourth-order valence-corrected chi connectivity index (χ4v) is 3.03. The van der Waals surface area contributed by atoms with Crippen LogP contribution in [-0.4, -0.2) is 74.2 Å². The van der Waals surface area contributed by atoms with E-state index in [1.165, 1.54) is 0 Å². The van der Waals surface area contributed by atoms with E-state index >= 15 is 0 Å². The number of rotatable bonds is 8. The zero-order valence-electron chi connectivity index (χ0n) is 15.9. The average Bonchev–Trinajstić information content (AvgIpc) is 2.65. The van der Waals surface area contributed by atoms with Crippen molar-refractivity contribution >= 4 is 5.91 Å². The Morgan fingerprint density at radius 2 is 1.80 bits per heavy atom. The molecule has 1 fully saturated rings. The average molecular weight is 349 g/mol. The lowest BCUT2D eigenvalue weighted by molar-refractivity contribution is -0.123. The molecule has 1 aliphatic rings. The van der Waals surface area contributed by atoms with Crippen molar-refractivity contribution in [3.05, 3.63) is 24.3 Å². The Balaban J connectivity index is 1.77. The standard InChI is InChI=1S/C19H31N3O3/c1-5-21-10-12-22(13-11-21)19(2,3)15-20-18(23)14-25-17-9-7-6-8-16(17)24-4/h6-9H,5,10-15H2,1-4H3,(H,20,23). The van der Waals surface area contributed by atoms with Crippen molar-refractivity contribution in [3.8, 4) is 11.5 Å². The fourth-order valence-electron chi connectivity index (χ4n) is 3.03. The van der Waals surface area contributed by atoms with E-state index in [-0.39, 0.29) is 18.1 Å². The molecule has 0 bridgehead atoms. The van der Waals surface area contributed by atoms with Crippen molar-refractivity contribution in [1.29, 1.82) is 0 Å². The number of hydrogen-bond acceptors (Lipinski definition) is 5. The molecule has 0 aromatic heterocycles. The van der Waals surface area contributed by atoms with Crippen LogP contribution in [0.1, 0.15) is 20.8 Å². The smallest absolute Gasteiger partial charge is 0.258 e. The number of piperazine rings is 1. The normalized spacial score (nSPS) is 16.5. The number of carbonyl (C=O) groups is 1. The Morgan fingerprint density at radius 3 is 2.40 bits per heavy atom.